The normalized spacial score (nSPS) is 12.9. The predicted octanol–water partition coefficient (Wildman–Crippen LogP) is 6.55. The quantitative estimate of drug-likeness (QED) is 0.224. The Hall–Kier alpha value is -4.65. The van der Waals surface area contributed by atoms with Crippen LogP contribution in [0.5, 0.6) is 0 Å². The summed E-state index contributed by atoms with van der Waals surface area (Å²) in [6.45, 7) is 1.93. The standard InChI is InChI=1S/C27H19N3O4/c1-17-7-12-22-23(13-17)27(24-15-21(29(31)32)16-25(26(22)24)30(33)34)28-20-10-8-19(9-11-20)14-18-5-3-2-4-6-18/h2-13,15-16H,14H2,1H3. The molecular weight excluding hydrogens is 430 g/mol. The van der Waals surface area contributed by atoms with Crippen molar-refractivity contribution in [2.24, 2.45) is 4.99 Å². The molecule has 4 aromatic rings. The number of hydrogen-bond acceptors (Lipinski definition) is 5. The zero-order chi connectivity index (χ0) is 23.8. The highest BCUT2D eigenvalue weighted by molar-refractivity contribution is 6.26. The number of nitrogens with zero attached hydrogens (tertiary/aromatic N) is 3. The van der Waals surface area contributed by atoms with Crippen molar-refractivity contribution in [2.45, 2.75) is 13.3 Å². The van der Waals surface area contributed by atoms with Crippen molar-refractivity contribution in [2.75, 3.05) is 0 Å². The molecule has 34 heavy (non-hydrogen) atoms. The maximum atomic E-state index is 11.8. The lowest BCUT2D eigenvalue weighted by Crippen LogP contribution is -2.01. The molecule has 0 saturated carbocycles. The number of aryl methyl sites for hydroxylation is 1. The van der Waals surface area contributed by atoms with Gasteiger partial charge in [-0.2, -0.15) is 0 Å². The van der Waals surface area contributed by atoms with Crippen molar-refractivity contribution < 1.29 is 9.85 Å². The van der Waals surface area contributed by atoms with Crippen molar-refractivity contribution >= 4 is 22.8 Å². The minimum absolute atomic E-state index is 0.294. The van der Waals surface area contributed by atoms with E-state index in [1.807, 2.05) is 67.6 Å². The van der Waals surface area contributed by atoms with Gasteiger partial charge in [0.1, 0.15) is 0 Å². The Morgan fingerprint density at radius 2 is 1.44 bits per heavy atom. The Morgan fingerprint density at radius 1 is 0.735 bits per heavy atom. The van der Waals surface area contributed by atoms with E-state index in [4.69, 9.17) is 4.99 Å². The van der Waals surface area contributed by atoms with E-state index < -0.39 is 9.85 Å². The molecule has 166 valence electrons. The topological polar surface area (TPSA) is 98.6 Å². The largest absolute Gasteiger partial charge is 0.284 e. The van der Waals surface area contributed by atoms with Gasteiger partial charge in [0.15, 0.2) is 0 Å². The summed E-state index contributed by atoms with van der Waals surface area (Å²) in [6.07, 6.45) is 0.793. The van der Waals surface area contributed by atoms with Crippen LogP contribution in [0.1, 0.15) is 27.8 Å². The van der Waals surface area contributed by atoms with Crippen LogP contribution >= 0.6 is 0 Å². The minimum atomic E-state index is -0.614. The van der Waals surface area contributed by atoms with E-state index in [0.717, 1.165) is 29.2 Å². The molecule has 7 nitrogen and oxygen atoms in total. The molecule has 7 heteroatoms. The first-order valence-electron chi connectivity index (χ1n) is 10.7. The Bertz CT molecular complexity index is 1480. The molecule has 0 aromatic heterocycles. The van der Waals surface area contributed by atoms with E-state index in [1.165, 1.54) is 11.6 Å². The van der Waals surface area contributed by atoms with Crippen molar-refractivity contribution in [1.29, 1.82) is 0 Å². The predicted molar refractivity (Wildman–Crippen MR) is 131 cm³/mol. The van der Waals surface area contributed by atoms with Gasteiger partial charge in [-0.05, 0) is 48.2 Å². The molecule has 0 aliphatic heterocycles. The number of hydrogen-bond donors (Lipinski definition) is 0. The van der Waals surface area contributed by atoms with Crippen LogP contribution in [-0.4, -0.2) is 15.6 Å². The molecule has 0 bridgehead atoms. The first-order valence-corrected chi connectivity index (χ1v) is 10.7. The molecule has 1 aliphatic rings. The fraction of sp³-hybridized carbons (Fsp3) is 0.0741. The second kappa shape index (κ2) is 8.37. The van der Waals surface area contributed by atoms with E-state index in [9.17, 15) is 20.2 Å². The smallest absolute Gasteiger partial charge is 0.258 e. The monoisotopic (exact) mass is 449 g/mol. The van der Waals surface area contributed by atoms with Gasteiger partial charge >= 0.3 is 0 Å². The van der Waals surface area contributed by atoms with Crippen LogP contribution in [0.3, 0.4) is 0 Å². The maximum absolute atomic E-state index is 11.8. The summed E-state index contributed by atoms with van der Waals surface area (Å²) >= 11 is 0. The van der Waals surface area contributed by atoms with Crippen molar-refractivity contribution in [3.8, 4) is 11.1 Å². The number of non-ortho nitro benzene ring substituents is 1. The highest BCUT2D eigenvalue weighted by Crippen LogP contribution is 2.45. The number of aliphatic imine (C=N–C) groups is 1. The molecule has 0 saturated heterocycles. The molecule has 0 fully saturated rings. The SMILES string of the molecule is Cc1ccc2c(c1)C(=Nc1ccc(Cc3ccccc3)cc1)c1cc([N+](=O)[O-])cc([N+](=O)[O-])c1-2. The molecular formula is C27H19N3O4. The van der Waals surface area contributed by atoms with Gasteiger partial charge in [-0.25, -0.2) is 4.99 Å². The molecule has 5 rings (SSSR count). The molecule has 0 spiro atoms. The van der Waals surface area contributed by atoms with Gasteiger partial charge in [0.2, 0.25) is 0 Å². The summed E-state index contributed by atoms with van der Waals surface area (Å²) in [5, 5.41) is 23.3. The van der Waals surface area contributed by atoms with Crippen LogP contribution in [0.15, 0.2) is 89.9 Å². The average Bonchev–Trinajstić information content (AvgIpc) is 3.12. The van der Waals surface area contributed by atoms with E-state index in [-0.39, 0.29) is 11.4 Å². The number of nitro groups is 2. The number of rotatable bonds is 5. The number of benzene rings is 4. The fourth-order valence-electron chi connectivity index (χ4n) is 4.32. The van der Waals surface area contributed by atoms with E-state index >= 15 is 0 Å². The molecule has 0 heterocycles. The Labute approximate surface area is 195 Å². The van der Waals surface area contributed by atoms with E-state index in [1.54, 1.807) is 0 Å². The molecule has 0 N–H and O–H groups in total. The summed E-state index contributed by atoms with van der Waals surface area (Å²) in [7, 11) is 0. The van der Waals surface area contributed by atoms with Crippen LogP contribution in [0.4, 0.5) is 17.1 Å². The van der Waals surface area contributed by atoms with Crippen LogP contribution < -0.4 is 0 Å². The number of fused-ring (bicyclic) bond motifs is 3. The summed E-state index contributed by atoms with van der Waals surface area (Å²) in [5.41, 5.74) is 5.99. The van der Waals surface area contributed by atoms with Crippen LogP contribution in [-0.2, 0) is 6.42 Å². The molecule has 0 unspecified atom stereocenters. The third-order valence-electron chi connectivity index (χ3n) is 5.89. The van der Waals surface area contributed by atoms with Crippen molar-refractivity contribution in [1.82, 2.24) is 0 Å². The highest BCUT2D eigenvalue weighted by atomic mass is 16.6. The third-order valence-corrected chi connectivity index (χ3v) is 5.89. The molecule has 1 aliphatic carbocycles. The summed E-state index contributed by atoms with van der Waals surface area (Å²) in [5.74, 6) is 0. The first-order chi connectivity index (χ1) is 16.4. The Kier molecular flexibility index (Phi) is 5.22. The van der Waals surface area contributed by atoms with Gasteiger partial charge in [-0.3, -0.25) is 20.2 Å². The zero-order valence-corrected chi connectivity index (χ0v) is 18.3. The van der Waals surface area contributed by atoms with Crippen molar-refractivity contribution in [3.05, 3.63) is 133 Å². The lowest BCUT2D eigenvalue weighted by Gasteiger charge is -2.05. The van der Waals surface area contributed by atoms with Gasteiger partial charge in [0.05, 0.1) is 32.9 Å². The Balaban J connectivity index is 1.63. The third kappa shape index (κ3) is 3.84. The van der Waals surface area contributed by atoms with Crippen LogP contribution in [0.25, 0.3) is 11.1 Å². The summed E-state index contributed by atoms with van der Waals surface area (Å²) < 4.78 is 0. The molecule has 0 amide bonds. The van der Waals surface area contributed by atoms with Gasteiger partial charge in [-0.1, -0.05) is 60.2 Å². The number of nitro benzene ring substituents is 2. The van der Waals surface area contributed by atoms with Gasteiger partial charge in [-0.15, -0.1) is 0 Å². The van der Waals surface area contributed by atoms with Crippen LogP contribution in [0, 0.1) is 27.2 Å². The van der Waals surface area contributed by atoms with Crippen LogP contribution in [0.2, 0.25) is 0 Å². The van der Waals surface area contributed by atoms with Gasteiger partial charge < -0.3 is 0 Å². The second-order valence-corrected chi connectivity index (χ2v) is 8.24. The average molecular weight is 449 g/mol. The molecule has 0 radical (unpaired) electrons. The molecule has 4 aromatic carbocycles. The maximum Gasteiger partial charge on any atom is 0.284 e. The zero-order valence-electron chi connectivity index (χ0n) is 18.3. The lowest BCUT2D eigenvalue weighted by molar-refractivity contribution is -0.393. The summed E-state index contributed by atoms with van der Waals surface area (Å²) in [4.78, 5) is 26.9. The summed E-state index contributed by atoms with van der Waals surface area (Å²) in [6, 6.07) is 25.9. The highest BCUT2D eigenvalue weighted by Gasteiger charge is 2.34. The van der Waals surface area contributed by atoms with E-state index in [2.05, 4.69) is 12.1 Å². The second-order valence-electron chi connectivity index (χ2n) is 8.24. The van der Waals surface area contributed by atoms with Gasteiger partial charge in [0, 0.05) is 17.2 Å². The van der Waals surface area contributed by atoms with Gasteiger partial charge in [0.25, 0.3) is 11.4 Å². The van der Waals surface area contributed by atoms with Crippen molar-refractivity contribution in [3.63, 3.8) is 0 Å². The molecule has 0 atom stereocenters. The lowest BCUT2D eigenvalue weighted by atomic mass is 10.0. The fourth-order valence-corrected chi connectivity index (χ4v) is 4.32. The Morgan fingerprint density at radius 3 is 2.12 bits per heavy atom. The van der Waals surface area contributed by atoms with E-state index in [0.29, 0.717) is 28.1 Å². The first kappa shape index (κ1) is 21.2. The minimum Gasteiger partial charge on any atom is -0.258 e.